The maximum Gasteiger partial charge on any atom is 1.00 e. The van der Waals surface area contributed by atoms with Crippen molar-refractivity contribution in [3.8, 4) is 5.95 Å². The molecule has 4 N–H and O–H groups in total. The van der Waals surface area contributed by atoms with Gasteiger partial charge in [-0.15, -0.1) is 10.8 Å². The molecule has 3 aromatic carbocycles. The van der Waals surface area contributed by atoms with Gasteiger partial charge in [0.05, 0.1) is 49.7 Å². The number of carboxylic acid groups (broad SMARTS) is 1. The molecule has 27 heteroatoms. The fraction of sp³-hybridized carbons (Fsp3) is 0.0270. The summed E-state index contributed by atoms with van der Waals surface area (Å²) in [4.78, 5) is 43.5. The van der Waals surface area contributed by atoms with Crippen LogP contribution in [0.1, 0.15) is 28.4 Å². The average Bonchev–Trinajstić information content (AvgIpc) is 3.19. The zero-order chi connectivity index (χ0) is 43.2. The van der Waals surface area contributed by atoms with Crippen LogP contribution < -0.4 is 74.9 Å². The molecule has 6 rings (SSSR count). The predicted molar refractivity (Wildman–Crippen MR) is 218 cm³/mol. The van der Waals surface area contributed by atoms with Crippen LogP contribution in [0.4, 0.5) is 28.4 Å². The first-order valence-electron chi connectivity index (χ1n) is 16.7. The number of azo groups is 1. The third-order valence-electron chi connectivity index (χ3n) is 7.76. The molecule has 0 aliphatic heterocycles. The minimum Gasteiger partial charge on any atom is -0.744 e. The summed E-state index contributed by atoms with van der Waals surface area (Å²) in [5.41, 5.74) is 5.28. The van der Waals surface area contributed by atoms with E-state index in [1.807, 2.05) is 0 Å². The van der Waals surface area contributed by atoms with Crippen LogP contribution in [0.2, 0.25) is 0 Å². The summed E-state index contributed by atoms with van der Waals surface area (Å²) < 4.78 is 73.7. The van der Waals surface area contributed by atoms with Crippen molar-refractivity contribution in [3.63, 3.8) is 0 Å². The van der Waals surface area contributed by atoms with Gasteiger partial charge in [0.15, 0.2) is 5.90 Å². The summed E-state index contributed by atoms with van der Waals surface area (Å²) in [7, 11) is -10.4. The predicted octanol–water partition coefficient (Wildman–Crippen LogP) is -2.23. The number of pyridine rings is 1. The van der Waals surface area contributed by atoms with Crippen LogP contribution in [0.25, 0.3) is 18.1 Å². The van der Waals surface area contributed by atoms with Gasteiger partial charge in [0.1, 0.15) is 31.6 Å². The number of nitrogens with one attached hydrogen (secondary N) is 2. The van der Waals surface area contributed by atoms with Gasteiger partial charge in [0, 0.05) is 84.2 Å². The topological polar surface area (TPSA) is 325 Å². The fourth-order valence-corrected chi connectivity index (χ4v) is 6.55. The summed E-state index contributed by atoms with van der Waals surface area (Å²) in [6.45, 7) is 1.29. The Bertz CT molecular complexity index is 3240. The third-order valence-corrected chi connectivity index (χ3v) is 9.55. The Balaban J connectivity index is 0.00000352. The summed E-state index contributed by atoms with van der Waals surface area (Å²) in [6.07, 6.45) is 9.71. The normalized spacial score (nSPS) is 12.9. The van der Waals surface area contributed by atoms with Gasteiger partial charge in [0.2, 0.25) is 0 Å². The van der Waals surface area contributed by atoms with E-state index in [0.717, 1.165) is 36.4 Å². The van der Waals surface area contributed by atoms with E-state index in [4.69, 9.17) is 0 Å². The second kappa shape index (κ2) is 24.5. The molecule has 0 fully saturated rings. The molecular formula is C37H25N10Na4O11S2+. The number of carbonyl (C=O) groups is 1. The number of aromatic nitrogens is 4. The Labute approximate surface area is 451 Å². The van der Waals surface area contributed by atoms with Gasteiger partial charge in [0.25, 0.3) is 11.3 Å². The average molecular weight is 942 g/mol. The number of aliphatic imine (C=N–C) groups is 1. The molecule has 0 spiro atoms. The number of hydrogen-bond donors (Lipinski definition) is 4. The van der Waals surface area contributed by atoms with E-state index in [0.29, 0.717) is 11.8 Å². The number of hydrogen-bond acceptors (Lipinski definition) is 15. The summed E-state index contributed by atoms with van der Waals surface area (Å²) in [6, 6.07) is 13.0. The van der Waals surface area contributed by atoms with Gasteiger partial charge in [-0.25, -0.2) is 41.2 Å². The van der Waals surface area contributed by atoms with Crippen LogP contribution in [0, 0.1) is 10.1 Å². The number of nitro groups is 1. The Kier molecular flexibility index (Phi) is 21.4. The van der Waals surface area contributed by atoms with Gasteiger partial charge in [-0.1, -0.05) is 23.9 Å². The quantitative estimate of drug-likeness (QED) is 0.00987. The number of aromatic carboxylic acids is 1. The van der Waals surface area contributed by atoms with E-state index in [1.54, 1.807) is 24.4 Å². The van der Waals surface area contributed by atoms with Gasteiger partial charge in [-0.3, -0.25) is 15.1 Å². The monoisotopic (exact) mass is 941 g/mol. The standard InChI is InChI=1S/C37H26N10O11S2.4Na/c1-22(48)38-31-18-27(40-36-41-35(39-26-7-3-2-4-8-26)42-37(43-36)46-17-5-6-25(21-46)34(49)50)14-16-30(31)45-44-28-13-11-23(32(19-28)59(53,54)55)9-10-24-12-15-29(47(51)52)20-33(24)60(56,57)58;;;;/h2-3,5-6,8-21H,1H3,(H5-,38,39,40,41,42,43,44,48,49,50,53,54,55,56,57,58);;;;/q;;;2*+1/p-1/b10-9+;;;;. The second-order valence-electron chi connectivity index (χ2n) is 12.0. The van der Waals surface area contributed by atoms with Crippen LogP contribution >= 0.6 is 0 Å². The van der Waals surface area contributed by atoms with Crippen molar-refractivity contribution < 1.29 is 110 Å². The summed E-state index contributed by atoms with van der Waals surface area (Å²) in [5, 5.41) is 38.8. The largest absolute Gasteiger partial charge is 1.00 e. The molecule has 2 aromatic heterocycles. The zero-order valence-electron chi connectivity index (χ0n) is 34.4. The number of aliphatic hydroxyl groups excluding tert-OH is 1. The van der Waals surface area contributed by atoms with Crippen LogP contribution in [0.3, 0.4) is 0 Å². The number of aromatic amines is 2. The molecule has 0 bridgehead atoms. The number of rotatable bonds is 12. The summed E-state index contributed by atoms with van der Waals surface area (Å²) in [5.74, 6) is -1.42. The van der Waals surface area contributed by atoms with Crippen molar-refractivity contribution in [1.82, 2.24) is 15.0 Å². The molecule has 0 saturated carbocycles. The zero-order valence-corrected chi connectivity index (χ0v) is 44.0. The van der Waals surface area contributed by atoms with Crippen LogP contribution in [0.5, 0.6) is 0 Å². The number of carboxylic acids is 1. The van der Waals surface area contributed by atoms with Crippen LogP contribution in [-0.2, 0) is 20.2 Å². The number of benzene rings is 3. The Morgan fingerprint density at radius 2 is 1.50 bits per heavy atom. The molecule has 0 unspecified atom stereocenters. The van der Waals surface area contributed by atoms with Crippen molar-refractivity contribution in [3.05, 3.63) is 153 Å². The van der Waals surface area contributed by atoms with E-state index in [-0.39, 0.29) is 181 Å². The molecule has 21 nitrogen and oxygen atoms in total. The van der Waals surface area contributed by atoms with E-state index in [1.165, 1.54) is 54.1 Å². The van der Waals surface area contributed by atoms with Crippen molar-refractivity contribution in [2.45, 2.75) is 16.7 Å². The van der Waals surface area contributed by atoms with Gasteiger partial charge >= 0.3 is 76.7 Å². The van der Waals surface area contributed by atoms with E-state index < -0.39 is 46.6 Å². The molecule has 0 atom stereocenters. The number of nitrogens with zero attached hydrogens (tertiary/aromatic N) is 8. The van der Waals surface area contributed by atoms with Crippen molar-refractivity contribution in [1.29, 1.82) is 0 Å². The van der Waals surface area contributed by atoms with E-state index in [2.05, 4.69) is 51.6 Å². The second-order valence-corrected chi connectivity index (χ2v) is 14.7. The number of aliphatic hydroxyl groups is 1. The molecule has 5 aromatic rings. The minimum atomic E-state index is -5.20. The number of non-ortho nitro benzene ring substituents is 1. The van der Waals surface area contributed by atoms with Gasteiger partial charge < -0.3 is 19.3 Å². The SMILES string of the molecule is CC(O)=Nc1cc(N=c2[nH]c(-[n+]3cccc(C(=O)O)c3)nc(=NC3=C=CC=C=C3)[nH]2)ccc1N=Nc1ccc(/C=C/c2ccc([N+](=O)[O-])cc2S(=O)(=O)[O-])c(S(=O)(=O)[O-])c1.[Na+].[Na+].[Na].[Na]. The molecule has 0 saturated heterocycles. The third kappa shape index (κ3) is 15.3. The maximum atomic E-state index is 12.3. The molecule has 304 valence electrons. The van der Waals surface area contributed by atoms with Crippen molar-refractivity contribution in [2.75, 3.05) is 0 Å². The molecule has 1 aliphatic carbocycles. The number of allylic oxidation sites excluding steroid dienone is 1. The Morgan fingerprint density at radius 1 is 0.844 bits per heavy atom. The molecule has 64 heavy (non-hydrogen) atoms. The van der Waals surface area contributed by atoms with Crippen molar-refractivity contribution in [2.24, 2.45) is 25.2 Å². The molecular weight excluding hydrogens is 917 g/mol. The first-order valence-corrected chi connectivity index (χ1v) is 19.5. The smallest absolute Gasteiger partial charge is 0.744 e. The molecule has 2 heterocycles. The summed E-state index contributed by atoms with van der Waals surface area (Å²) >= 11 is 0. The minimum absolute atomic E-state index is 0. The van der Waals surface area contributed by atoms with E-state index in [9.17, 15) is 51.1 Å². The maximum absolute atomic E-state index is 12.3. The first-order chi connectivity index (χ1) is 28.4. The van der Waals surface area contributed by atoms with E-state index >= 15 is 0 Å². The molecule has 0 amide bonds. The van der Waals surface area contributed by atoms with Crippen molar-refractivity contribution >= 4 is 132 Å². The first kappa shape index (κ1) is 56.1. The van der Waals surface area contributed by atoms with Crippen LogP contribution in [-0.4, -0.2) is 127 Å². The Morgan fingerprint density at radius 3 is 2.11 bits per heavy atom. The number of H-pyrrole nitrogens is 2. The fourth-order valence-electron chi connectivity index (χ4n) is 5.17. The van der Waals surface area contributed by atoms with Crippen LogP contribution in [0.15, 0.2) is 150 Å². The van der Waals surface area contributed by atoms with Gasteiger partial charge in [-0.05, 0) is 76.8 Å². The van der Waals surface area contributed by atoms with Gasteiger partial charge in [-0.2, -0.15) is 10.1 Å². The molecule has 2 radical (unpaired) electrons. The molecule has 1 aliphatic rings. The number of nitro benzene ring substituents is 1. The Hall–Kier alpha value is -4.04.